The molecule has 1 fully saturated rings. The maximum absolute atomic E-state index is 11.2. The molecule has 0 aromatic carbocycles. The van der Waals surface area contributed by atoms with Crippen LogP contribution in [0.1, 0.15) is 31.1 Å². The zero-order valence-electron chi connectivity index (χ0n) is 10.5. The first-order chi connectivity index (χ1) is 8.06. The third-order valence-electron chi connectivity index (χ3n) is 2.90. The summed E-state index contributed by atoms with van der Waals surface area (Å²) in [5.74, 6) is 0.963. The molecule has 92 valence electrons. The molecule has 1 saturated heterocycles. The predicted molar refractivity (Wildman–Crippen MR) is 66.5 cm³/mol. The number of rotatable bonds is 2. The van der Waals surface area contributed by atoms with E-state index in [1.54, 1.807) is 13.1 Å². The Hall–Kier alpha value is -1.42. The van der Waals surface area contributed by atoms with Gasteiger partial charge in [0.05, 0.1) is 12.2 Å². The molecule has 0 aliphatic carbocycles. The van der Waals surface area contributed by atoms with Crippen LogP contribution in [-0.4, -0.2) is 36.1 Å². The molecule has 17 heavy (non-hydrogen) atoms. The Kier molecular flexibility index (Phi) is 3.43. The number of hydrogen-bond acceptors (Lipinski definition) is 4. The van der Waals surface area contributed by atoms with Crippen molar-refractivity contribution in [3.8, 4) is 0 Å². The second-order valence-electron chi connectivity index (χ2n) is 4.62. The highest BCUT2D eigenvalue weighted by Gasteiger charge is 2.22. The molecule has 0 radical (unpaired) electrons. The number of Topliss-reactive ketones (excluding diaryl/α,β-unsaturated/α-hetero) is 1. The lowest BCUT2D eigenvalue weighted by atomic mass is 10.2. The lowest BCUT2D eigenvalue weighted by molar-refractivity contribution is -0.00546. The number of ether oxygens (including phenoxy) is 1. The smallest absolute Gasteiger partial charge is 0.161 e. The summed E-state index contributed by atoms with van der Waals surface area (Å²) in [4.78, 5) is 17.7. The maximum Gasteiger partial charge on any atom is 0.161 e. The van der Waals surface area contributed by atoms with E-state index in [9.17, 15) is 4.79 Å². The van der Waals surface area contributed by atoms with Gasteiger partial charge in [-0.25, -0.2) is 4.98 Å². The van der Waals surface area contributed by atoms with Crippen molar-refractivity contribution in [3.63, 3.8) is 0 Å². The topological polar surface area (TPSA) is 42.4 Å². The van der Waals surface area contributed by atoms with Gasteiger partial charge in [0.15, 0.2) is 5.78 Å². The fourth-order valence-corrected chi connectivity index (χ4v) is 2.15. The number of aromatic nitrogens is 1. The largest absolute Gasteiger partial charge is 0.372 e. The van der Waals surface area contributed by atoms with Gasteiger partial charge in [0.2, 0.25) is 0 Å². The molecular weight excluding hydrogens is 216 g/mol. The van der Waals surface area contributed by atoms with E-state index >= 15 is 0 Å². The van der Waals surface area contributed by atoms with Gasteiger partial charge in [-0.15, -0.1) is 0 Å². The average Bonchev–Trinajstić information content (AvgIpc) is 2.28. The molecule has 1 aliphatic rings. The average molecular weight is 234 g/mol. The molecule has 0 saturated carbocycles. The van der Waals surface area contributed by atoms with Crippen LogP contribution >= 0.6 is 0 Å². The highest BCUT2D eigenvalue weighted by atomic mass is 16.5. The highest BCUT2D eigenvalue weighted by Crippen LogP contribution is 2.18. The van der Waals surface area contributed by atoms with E-state index in [0.717, 1.165) is 18.9 Å². The normalized spacial score (nSPS) is 24.8. The molecule has 0 bridgehead atoms. The quantitative estimate of drug-likeness (QED) is 0.733. The molecule has 2 rings (SSSR count). The number of carbonyl (C=O) groups excluding carboxylic acids is 1. The van der Waals surface area contributed by atoms with Gasteiger partial charge in [0.1, 0.15) is 5.82 Å². The highest BCUT2D eigenvalue weighted by molar-refractivity contribution is 5.93. The zero-order chi connectivity index (χ0) is 12.4. The first-order valence-corrected chi connectivity index (χ1v) is 5.93. The van der Waals surface area contributed by atoms with Gasteiger partial charge in [-0.1, -0.05) is 0 Å². The van der Waals surface area contributed by atoms with Crippen molar-refractivity contribution in [1.82, 2.24) is 4.98 Å². The summed E-state index contributed by atoms with van der Waals surface area (Å²) >= 11 is 0. The third-order valence-corrected chi connectivity index (χ3v) is 2.90. The summed E-state index contributed by atoms with van der Waals surface area (Å²) in [5, 5.41) is 0. The van der Waals surface area contributed by atoms with Crippen molar-refractivity contribution in [1.29, 1.82) is 0 Å². The van der Waals surface area contributed by atoms with E-state index in [4.69, 9.17) is 4.74 Å². The van der Waals surface area contributed by atoms with Gasteiger partial charge in [-0.2, -0.15) is 0 Å². The molecule has 1 aliphatic heterocycles. The summed E-state index contributed by atoms with van der Waals surface area (Å²) in [6.07, 6.45) is 2.07. The maximum atomic E-state index is 11.2. The molecule has 4 nitrogen and oxygen atoms in total. The van der Waals surface area contributed by atoms with E-state index in [1.165, 1.54) is 0 Å². The van der Waals surface area contributed by atoms with Crippen molar-refractivity contribution in [2.75, 3.05) is 18.0 Å². The molecule has 0 N–H and O–H groups in total. The second-order valence-corrected chi connectivity index (χ2v) is 4.62. The van der Waals surface area contributed by atoms with Gasteiger partial charge >= 0.3 is 0 Å². The van der Waals surface area contributed by atoms with E-state index in [-0.39, 0.29) is 18.0 Å². The Bertz CT molecular complexity index is 392. The molecule has 1 aromatic rings. The summed E-state index contributed by atoms with van der Waals surface area (Å²) in [5.41, 5.74) is 0.656. The number of ketones is 1. The number of anilines is 1. The van der Waals surface area contributed by atoms with Crippen LogP contribution in [0.2, 0.25) is 0 Å². The minimum Gasteiger partial charge on any atom is -0.372 e. The van der Waals surface area contributed by atoms with Crippen molar-refractivity contribution in [3.05, 3.63) is 23.9 Å². The second kappa shape index (κ2) is 4.84. The Morgan fingerprint density at radius 2 is 2.00 bits per heavy atom. The fraction of sp³-hybridized carbons (Fsp3) is 0.538. The van der Waals surface area contributed by atoms with Crippen molar-refractivity contribution in [2.45, 2.75) is 33.0 Å². The zero-order valence-corrected chi connectivity index (χ0v) is 10.5. The van der Waals surface area contributed by atoms with E-state index in [2.05, 4.69) is 23.7 Å². The number of pyridine rings is 1. The molecule has 2 heterocycles. The number of nitrogens with zero attached hydrogens (tertiary/aromatic N) is 2. The molecule has 2 atom stereocenters. The Labute approximate surface area is 102 Å². The van der Waals surface area contributed by atoms with Gasteiger partial charge in [-0.3, -0.25) is 4.79 Å². The molecular formula is C13H18N2O2. The number of hydrogen-bond donors (Lipinski definition) is 0. The predicted octanol–water partition coefficient (Wildman–Crippen LogP) is 1.90. The SMILES string of the molecule is CC(=O)c1ccc(N2CC(C)OC(C)C2)nc1. The summed E-state index contributed by atoms with van der Waals surface area (Å²) in [6, 6.07) is 3.73. The van der Waals surface area contributed by atoms with Crippen molar-refractivity contribution < 1.29 is 9.53 Å². The summed E-state index contributed by atoms with van der Waals surface area (Å²) in [7, 11) is 0. The minimum absolute atomic E-state index is 0.0489. The van der Waals surface area contributed by atoms with Crippen LogP contribution in [0.4, 0.5) is 5.82 Å². The molecule has 4 heteroatoms. The van der Waals surface area contributed by atoms with Crippen LogP contribution in [0.25, 0.3) is 0 Å². The lowest BCUT2D eigenvalue weighted by Gasteiger charge is -2.36. The molecule has 1 aromatic heterocycles. The van der Waals surface area contributed by atoms with Crippen LogP contribution in [0.3, 0.4) is 0 Å². The first-order valence-electron chi connectivity index (χ1n) is 5.93. The number of carbonyl (C=O) groups is 1. The van der Waals surface area contributed by atoms with Crippen LogP contribution in [0.5, 0.6) is 0 Å². The summed E-state index contributed by atoms with van der Waals surface area (Å²) in [6.45, 7) is 7.36. The van der Waals surface area contributed by atoms with Gasteiger partial charge in [-0.05, 0) is 32.9 Å². The number of morpholine rings is 1. The van der Waals surface area contributed by atoms with Crippen molar-refractivity contribution in [2.24, 2.45) is 0 Å². The Balaban J connectivity index is 2.14. The minimum atomic E-state index is 0.0489. The van der Waals surface area contributed by atoms with Gasteiger partial charge in [0, 0.05) is 24.8 Å². The van der Waals surface area contributed by atoms with Gasteiger partial charge < -0.3 is 9.64 Å². The molecule has 0 amide bonds. The van der Waals surface area contributed by atoms with Gasteiger partial charge in [0.25, 0.3) is 0 Å². The van der Waals surface area contributed by atoms with E-state index in [0.29, 0.717) is 5.56 Å². The van der Waals surface area contributed by atoms with E-state index < -0.39 is 0 Å². The van der Waals surface area contributed by atoms with E-state index in [1.807, 2.05) is 12.1 Å². The monoisotopic (exact) mass is 234 g/mol. The van der Waals surface area contributed by atoms with Crippen molar-refractivity contribution >= 4 is 11.6 Å². The molecule has 2 unspecified atom stereocenters. The summed E-state index contributed by atoms with van der Waals surface area (Å²) < 4.78 is 5.68. The third kappa shape index (κ3) is 2.82. The standard InChI is InChI=1S/C13H18N2O2/c1-9-7-15(8-10(2)17-9)13-5-4-12(6-14-13)11(3)16/h4-6,9-10H,7-8H2,1-3H3. The fourth-order valence-electron chi connectivity index (χ4n) is 2.15. The first kappa shape index (κ1) is 12.0. The Morgan fingerprint density at radius 1 is 1.35 bits per heavy atom. The molecule has 0 spiro atoms. The lowest BCUT2D eigenvalue weighted by Crippen LogP contribution is -2.45. The van der Waals surface area contributed by atoms with Crippen LogP contribution < -0.4 is 4.90 Å². The van der Waals surface area contributed by atoms with Crippen LogP contribution in [-0.2, 0) is 4.74 Å². The Morgan fingerprint density at radius 3 is 2.47 bits per heavy atom. The van der Waals surface area contributed by atoms with Crippen LogP contribution in [0, 0.1) is 0 Å². The van der Waals surface area contributed by atoms with Crippen LogP contribution in [0.15, 0.2) is 18.3 Å².